The van der Waals surface area contributed by atoms with Gasteiger partial charge in [0.05, 0.1) is 16.3 Å². The van der Waals surface area contributed by atoms with Crippen LogP contribution in [0.4, 0.5) is 5.13 Å². The molecule has 0 saturated carbocycles. The van der Waals surface area contributed by atoms with E-state index in [-0.39, 0.29) is 0 Å². The lowest BCUT2D eigenvalue weighted by Gasteiger charge is -2.00. The van der Waals surface area contributed by atoms with Crippen molar-refractivity contribution in [3.05, 3.63) is 16.1 Å². The minimum absolute atomic E-state index is 0.617. The smallest absolute Gasteiger partial charge is 0.180 e. The molecule has 0 saturated heterocycles. The Hall–Kier alpha value is -0.590. The van der Waals surface area contributed by atoms with E-state index in [0.29, 0.717) is 10.4 Å². The first-order valence-electron chi connectivity index (χ1n) is 5.35. The van der Waals surface area contributed by atoms with E-state index < -0.39 is 0 Å². The number of rotatable bonds is 4. The zero-order chi connectivity index (χ0) is 12.4. The van der Waals surface area contributed by atoms with Gasteiger partial charge in [0.25, 0.3) is 0 Å². The van der Waals surface area contributed by atoms with Crippen LogP contribution in [-0.4, -0.2) is 15.2 Å². The number of nitrogens with zero attached hydrogens (tertiary/aromatic N) is 2. The fraction of sp³-hybridized carbons (Fsp3) is 0.455. The molecule has 0 aromatic carbocycles. The first kappa shape index (κ1) is 12.9. The Labute approximate surface area is 113 Å². The van der Waals surface area contributed by atoms with Crippen LogP contribution in [0.25, 0.3) is 10.6 Å². The van der Waals surface area contributed by atoms with Crippen LogP contribution >= 0.6 is 34.4 Å². The summed E-state index contributed by atoms with van der Waals surface area (Å²) in [4.78, 5) is 10.1. The number of nitrogen functional groups attached to an aromatic ring is 1. The Morgan fingerprint density at radius 2 is 2.18 bits per heavy atom. The molecule has 2 rings (SSSR count). The summed E-state index contributed by atoms with van der Waals surface area (Å²) in [6, 6.07) is 0. The molecule has 2 aromatic rings. The van der Waals surface area contributed by atoms with Crippen LogP contribution in [0.15, 0.2) is 5.38 Å². The maximum atomic E-state index is 5.66. The van der Waals surface area contributed by atoms with Crippen molar-refractivity contribution in [2.45, 2.75) is 31.8 Å². The van der Waals surface area contributed by atoms with Crippen molar-refractivity contribution in [1.29, 1.82) is 0 Å². The van der Waals surface area contributed by atoms with E-state index in [1.807, 2.05) is 24.1 Å². The van der Waals surface area contributed by atoms with E-state index in [4.69, 9.17) is 5.73 Å². The van der Waals surface area contributed by atoms with Gasteiger partial charge in [-0.05, 0) is 12.2 Å². The fourth-order valence-electron chi connectivity index (χ4n) is 1.38. The molecule has 0 fully saturated rings. The molecule has 6 heteroatoms. The molecular formula is C11H15N3S3. The molecule has 0 amide bonds. The summed E-state index contributed by atoms with van der Waals surface area (Å²) in [5.74, 6) is 0.975. The lowest BCUT2D eigenvalue weighted by molar-refractivity contribution is 1.10. The molecule has 3 nitrogen and oxygen atoms in total. The van der Waals surface area contributed by atoms with Crippen molar-refractivity contribution in [3.63, 3.8) is 0 Å². The summed E-state index contributed by atoms with van der Waals surface area (Å²) in [5.41, 5.74) is 7.68. The van der Waals surface area contributed by atoms with Gasteiger partial charge in [-0.3, -0.25) is 0 Å². The Morgan fingerprint density at radius 1 is 1.41 bits per heavy atom. The lowest BCUT2D eigenvalue weighted by Crippen LogP contribution is -1.88. The van der Waals surface area contributed by atoms with Gasteiger partial charge in [0.1, 0.15) is 5.01 Å². The lowest BCUT2D eigenvalue weighted by atomic mass is 10.3. The molecule has 0 spiro atoms. The van der Waals surface area contributed by atoms with Crippen LogP contribution in [0.2, 0.25) is 0 Å². The zero-order valence-corrected chi connectivity index (χ0v) is 12.5. The molecule has 0 aliphatic carbocycles. The molecule has 2 aromatic heterocycles. The molecule has 17 heavy (non-hydrogen) atoms. The Balaban J connectivity index is 2.19. The maximum Gasteiger partial charge on any atom is 0.180 e. The summed E-state index contributed by atoms with van der Waals surface area (Å²) in [6.07, 6.45) is 0. The van der Waals surface area contributed by atoms with Crippen molar-refractivity contribution in [3.8, 4) is 10.6 Å². The fourth-order valence-corrected chi connectivity index (χ4v) is 3.81. The number of nitrogens with two attached hydrogens (primary N) is 1. The number of hydrogen-bond acceptors (Lipinski definition) is 6. The van der Waals surface area contributed by atoms with Crippen LogP contribution in [-0.2, 0) is 5.75 Å². The Kier molecular flexibility index (Phi) is 4.06. The van der Waals surface area contributed by atoms with Crippen LogP contribution in [0.1, 0.15) is 24.5 Å². The van der Waals surface area contributed by atoms with Crippen molar-refractivity contribution >= 4 is 39.6 Å². The summed E-state index contributed by atoms with van der Waals surface area (Å²) in [5, 5.41) is 4.42. The quantitative estimate of drug-likeness (QED) is 0.928. The number of anilines is 1. The maximum absolute atomic E-state index is 5.66. The molecule has 92 valence electrons. The standard InChI is InChI=1S/C11H15N3S3/c1-6(2)15-5-9-13-7(3)10(17-9)8-4-16-11(12)14-8/h4,6H,5H2,1-3H3,(H2,12,14). The third kappa shape index (κ3) is 3.20. The molecular weight excluding hydrogens is 270 g/mol. The molecule has 0 aliphatic rings. The van der Waals surface area contributed by atoms with Gasteiger partial charge in [0.15, 0.2) is 5.13 Å². The molecule has 0 radical (unpaired) electrons. The highest BCUT2D eigenvalue weighted by molar-refractivity contribution is 7.99. The highest BCUT2D eigenvalue weighted by atomic mass is 32.2. The average Bonchev–Trinajstić information content (AvgIpc) is 2.82. The Bertz CT molecular complexity index is 502. The predicted octanol–water partition coefficient (Wildman–Crippen LogP) is 3.80. The second-order valence-electron chi connectivity index (χ2n) is 3.95. The zero-order valence-electron chi connectivity index (χ0n) is 10.1. The van der Waals surface area contributed by atoms with Gasteiger partial charge in [-0.1, -0.05) is 13.8 Å². The molecule has 2 heterocycles. The largest absolute Gasteiger partial charge is 0.375 e. The first-order chi connectivity index (χ1) is 8.06. The number of thiazole rings is 2. The van der Waals surface area contributed by atoms with Gasteiger partial charge < -0.3 is 5.73 Å². The number of aromatic nitrogens is 2. The topological polar surface area (TPSA) is 51.8 Å². The number of thioether (sulfide) groups is 1. The molecule has 2 N–H and O–H groups in total. The van der Waals surface area contributed by atoms with Crippen molar-refractivity contribution in [2.75, 3.05) is 5.73 Å². The predicted molar refractivity (Wildman–Crippen MR) is 78.8 cm³/mol. The summed E-state index contributed by atoms with van der Waals surface area (Å²) in [6.45, 7) is 6.44. The molecule has 0 bridgehead atoms. The summed E-state index contributed by atoms with van der Waals surface area (Å²) in [7, 11) is 0. The second kappa shape index (κ2) is 5.37. The van der Waals surface area contributed by atoms with Crippen LogP contribution in [0.5, 0.6) is 0 Å². The summed E-state index contributed by atoms with van der Waals surface area (Å²) < 4.78 is 0. The SMILES string of the molecule is Cc1nc(CSC(C)C)sc1-c1csc(N)n1. The number of hydrogen-bond donors (Lipinski definition) is 1. The Morgan fingerprint density at radius 3 is 2.76 bits per heavy atom. The third-order valence-corrected chi connectivity index (χ3v) is 5.28. The molecule has 0 atom stereocenters. The first-order valence-corrected chi connectivity index (χ1v) is 8.10. The van der Waals surface area contributed by atoms with Gasteiger partial charge in [-0.15, -0.1) is 22.7 Å². The van der Waals surface area contributed by atoms with E-state index >= 15 is 0 Å². The minimum Gasteiger partial charge on any atom is -0.375 e. The highest BCUT2D eigenvalue weighted by Gasteiger charge is 2.12. The third-order valence-electron chi connectivity index (χ3n) is 2.14. The second-order valence-corrected chi connectivity index (χ2v) is 7.49. The molecule has 0 aliphatic heterocycles. The van der Waals surface area contributed by atoms with E-state index in [2.05, 4.69) is 23.8 Å². The minimum atomic E-state index is 0.617. The van der Waals surface area contributed by atoms with Crippen LogP contribution < -0.4 is 5.73 Å². The van der Waals surface area contributed by atoms with Gasteiger partial charge in [0.2, 0.25) is 0 Å². The van der Waals surface area contributed by atoms with Crippen LogP contribution in [0.3, 0.4) is 0 Å². The van der Waals surface area contributed by atoms with Crippen molar-refractivity contribution < 1.29 is 0 Å². The van der Waals surface area contributed by atoms with Gasteiger partial charge >= 0.3 is 0 Å². The summed E-state index contributed by atoms with van der Waals surface area (Å²) >= 11 is 5.11. The van der Waals surface area contributed by atoms with E-state index in [1.54, 1.807) is 11.3 Å². The van der Waals surface area contributed by atoms with Crippen LogP contribution in [0, 0.1) is 6.92 Å². The molecule has 0 unspecified atom stereocenters. The van der Waals surface area contributed by atoms with E-state index in [9.17, 15) is 0 Å². The monoisotopic (exact) mass is 285 g/mol. The van der Waals surface area contributed by atoms with E-state index in [0.717, 1.165) is 22.0 Å². The average molecular weight is 285 g/mol. The number of aryl methyl sites for hydroxylation is 1. The highest BCUT2D eigenvalue weighted by Crippen LogP contribution is 2.33. The van der Waals surface area contributed by atoms with E-state index in [1.165, 1.54) is 16.3 Å². The normalized spacial score (nSPS) is 11.3. The van der Waals surface area contributed by atoms with Crippen molar-refractivity contribution in [1.82, 2.24) is 9.97 Å². The van der Waals surface area contributed by atoms with Gasteiger partial charge in [0, 0.05) is 11.1 Å². The van der Waals surface area contributed by atoms with Gasteiger partial charge in [-0.25, -0.2) is 9.97 Å². The van der Waals surface area contributed by atoms with Crippen molar-refractivity contribution in [2.24, 2.45) is 0 Å². The van der Waals surface area contributed by atoms with Gasteiger partial charge in [-0.2, -0.15) is 11.8 Å².